The third-order valence-electron chi connectivity index (χ3n) is 3.36. The van der Waals surface area contributed by atoms with Crippen LogP contribution in [0.25, 0.3) is 22.2 Å². The van der Waals surface area contributed by atoms with Gasteiger partial charge in [0, 0.05) is 12.6 Å². The Kier molecular flexibility index (Phi) is 3.45. The van der Waals surface area contributed by atoms with Crippen LogP contribution >= 0.6 is 0 Å². The summed E-state index contributed by atoms with van der Waals surface area (Å²) in [5.74, 6) is -0.296. The summed E-state index contributed by atoms with van der Waals surface area (Å²) in [7, 11) is 1.81. The largest absolute Gasteiger partial charge is 0.573 e. The molecule has 1 heterocycles. The first kappa shape index (κ1) is 14.9. The smallest absolute Gasteiger partial charge is 0.406 e. The molecule has 0 radical (unpaired) electrons. The van der Waals surface area contributed by atoms with Crippen LogP contribution in [-0.2, 0) is 7.05 Å². The second-order valence-corrected chi connectivity index (χ2v) is 4.93. The van der Waals surface area contributed by atoms with E-state index in [1.165, 1.54) is 24.3 Å². The third-order valence-corrected chi connectivity index (χ3v) is 3.36. The lowest BCUT2D eigenvalue weighted by Gasteiger charge is -2.10. The number of halogens is 3. The number of hydrogen-bond acceptors (Lipinski definition) is 3. The van der Waals surface area contributed by atoms with Gasteiger partial charge in [-0.2, -0.15) is 5.26 Å². The van der Waals surface area contributed by atoms with Crippen molar-refractivity contribution in [1.82, 2.24) is 9.55 Å². The molecule has 0 aliphatic carbocycles. The van der Waals surface area contributed by atoms with Crippen molar-refractivity contribution >= 4 is 11.0 Å². The van der Waals surface area contributed by atoms with Crippen molar-refractivity contribution < 1.29 is 17.9 Å². The Labute approximate surface area is 129 Å². The van der Waals surface area contributed by atoms with E-state index in [1.54, 1.807) is 30.1 Å². The average molecular weight is 317 g/mol. The molecule has 0 saturated carbocycles. The van der Waals surface area contributed by atoms with Crippen LogP contribution in [0.15, 0.2) is 42.7 Å². The zero-order valence-corrected chi connectivity index (χ0v) is 11.9. The van der Waals surface area contributed by atoms with E-state index in [0.717, 1.165) is 5.52 Å². The van der Waals surface area contributed by atoms with Crippen LogP contribution in [0.2, 0.25) is 0 Å². The topological polar surface area (TPSA) is 50.8 Å². The van der Waals surface area contributed by atoms with Gasteiger partial charge in [0.15, 0.2) is 0 Å². The van der Waals surface area contributed by atoms with Gasteiger partial charge in [-0.05, 0) is 29.8 Å². The highest BCUT2D eigenvalue weighted by Gasteiger charge is 2.31. The van der Waals surface area contributed by atoms with Crippen LogP contribution < -0.4 is 4.74 Å². The van der Waals surface area contributed by atoms with Gasteiger partial charge in [0.05, 0.1) is 29.0 Å². The Morgan fingerprint density at radius 3 is 2.48 bits per heavy atom. The molecular formula is C16H10F3N3O. The van der Waals surface area contributed by atoms with Gasteiger partial charge in [-0.3, -0.25) is 0 Å². The van der Waals surface area contributed by atoms with Gasteiger partial charge < -0.3 is 9.30 Å². The molecule has 7 heteroatoms. The number of fused-ring (bicyclic) bond motifs is 1. The zero-order valence-electron chi connectivity index (χ0n) is 11.9. The van der Waals surface area contributed by atoms with Gasteiger partial charge in [-0.1, -0.05) is 12.1 Å². The number of alkyl halides is 3. The summed E-state index contributed by atoms with van der Waals surface area (Å²) in [6, 6.07) is 10.9. The number of aryl methyl sites for hydroxylation is 1. The molecule has 4 nitrogen and oxygen atoms in total. The molecule has 3 rings (SSSR count). The molecule has 0 saturated heterocycles. The zero-order chi connectivity index (χ0) is 16.6. The standard InChI is InChI=1S/C16H10F3N3O/c1-22-9-21-15-13(6-10(8-20)7-14(15)22)11-2-4-12(5-3-11)23-16(17,18)19/h2-7,9H,1H3. The highest BCUT2D eigenvalue weighted by atomic mass is 19.4. The lowest BCUT2D eigenvalue weighted by molar-refractivity contribution is -0.274. The highest BCUT2D eigenvalue weighted by molar-refractivity contribution is 5.93. The van der Waals surface area contributed by atoms with Gasteiger partial charge in [0.1, 0.15) is 5.75 Å². The number of imidazole rings is 1. The number of rotatable bonds is 2. The number of nitrogens with zero attached hydrogens (tertiary/aromatic N) is 3. The molecule has 0 aliphatic heterocycles. The van der Waals surface area contributed by atoms with Crippen molar-refractivity contribution in [3.05, 3.63) is 48.3 Å². The summed E-state index contributed by atoms with van der Waals surface area (Å²) in [4.78, 5) is 4.29. The number of ether oxygens (including phenoxy) is 1. The number of benzene rings is 2. The number of aromatic nitrogens is 2. The Morgan fingerprint density at radius 1 is 1.17 bits per heavy atom. The molecule has 0 atom stereocenters. The second kappa shape index (κ2) is 5.32. The molecule has 0 N–H and O–H groups in total. The van der Waals surface area contributed by atoms with Gasteiger partial charge in [0.2, 0.25) is 0 Å². The summed E-state index contributed by atoms with van der Waals surface area (Å²) >= 11 is 0. The van der Waals surface area contributed by atoms with Crippen LogP contribution in [0.1, 0.15) is 5.56 Å². The van der Waals surface area contributed by atoms with Crippen LogP contribution in [0.3, 0.4) is 0 Å². The Morgan fingerprint density at radius 2 is 1.87 bits per heavy atom. The first-order chi connectivity index (χ1) is 10.9. The van der Waals surface area contributed by atoms with E-state index < -0.39 is 6.36 Å². The van der Waals surface area contributed by atoms with Gasteiger partial charge in [0.25, 0.3) is 0 Å². The van der Waals surface area contributed by atoms with Crippen LogP contribution in [0, 0.1) is 11.3 Å². The predicted molar refractivity (Wildman–Crippen MR) is 77.5 cm³/mol. The molecule has 0 aliphatic rings. The Bertz CT molecular complexity index is 905. The van der Waals surface area contributed by atoms with Crippen LogP contribution in [0.4, 0.5) is 13.2 Å². The molecule has 3 aromatic rings. The molecule has 2 aromatic carbocycles. The summed E-state index contributed by atoms with van der Waals surface area (Å²) in [5, 5.41) is 9.14. The maximum absolute atomic E-state index is 12.2. The second-order valence-electron chi connectivity index (χ2n) is 4.93. The fraction of sp³-hybridized carbons (Fsp3) is 0.125. The normalized spacial score (nSPS) is 11.4. The SMILES string of the molecule is Cn1cnc2c(-c3ccc(OC(F)(F)F)cc3)cc(C#N)cc21. The Balaban J connectivity index is 2.08. The van der Waals surface area contributed by atoms with Crippen LogP contribution in [0.5, 0.6) is 5.75 Å². The molecule has 0 bridgehead atoms. The van der Waals surface area contributed by atoms with E-state index in [4.69, 9.17) is 5.26 Å². The minimum atomic E-state index is -4.73. The van der Waals surface area contributed by atoms with E-state index >= 15 is 0 Å². The summed E-state index contributed by atoms with van der Waals surface area (Å²) in [6.45, 7) is 0. The van der Waals surface area contributed by atoms with Crippen molar-refractivity contribution in [3.63, 3.8) is 0 Å². The minimum absolute atomic E-state index is 0.296. The quantitative estimate of drug-likeness (QED) is 0.717. The van der Waals surface area contributed by atoms with Crippen molar-refractivity contribution in [2.45, 2.75) is 6.36 Å². The van der Waals surface area contributed by atoms with Gasteiger partial charge >= 0.3 is 6.36 Å². The molecule has 23 heavy (non-hydrogen) atoms. The van der Waals surface area contributed by atoms with E-state index in [-0.39, 0.29) is 5.75 Å². The summed E-state index contributed by atoms with van der Waals surface area (Å²) < 4.78 is 42.2. The molecule has 0 unspecified atom stereocenters. The van der Waals surface area contributed by atoms with Crippen molar-refractivity contribution in [3.8, 4) is 22.9 Å². The van der Waals surface area contributed by atoms with E-state index in [2.05, 4.69) is 15.8 Å². The maximum Gasteiger partial charge on any atom is 0.573 e. The van der Waals surface area contributed by atoms with Gasteiger partial charge in [-0.15, -0.1) is 13.2 Å². The van der Waals surface area contributed by atoms with E-state index in [1.807, 2.05) is 0 Å². The lowest BCUT2D eigenvalue weighted by atomic mass is 10.0. The monoisotopic (exact) mass is 317 g/mol. The van der Waals surface area contributed by atoms with Crippen LogP contribution in [-0.4, -0.2) is 15.9 Å². The molecule has 1 aromatic heterocycles. The first-order valence-electron chi connectivity index (χ1n) is 6.59. The molecular weight excluding hydrogens is 307 g/mol. The summed E-state index contributed by atoms with van der Waals surface area (Å²) in [5.41, 5.74) is 3.23. The Hall–Kier alpha value is -3.01. The number of nitriles is 1. The van der Waals surface area contributed by atoms with Crippen molar-refractivity contribution in [2.75, 3.05) is 0 Å². The molecule has 0 spiro atoms. The molecule has 116 valence electrons. The van der Waals surface area contributed by atoms with Crippen molar-refractivity contribution in [1.29, 1.82) is 5.26 Å². The molecule has 0 fully saturated rings. The van der Waals surface area contributed by atoms with Gasteiger partial charge in [-0.25, -0.2) is 4.98 Å². The summed E-state index contributed by atoms with van der Waals surface area (Å²) in [6.07, 6.45) is -3.10. The fourth-order valence-electron chi connectivity index (χ4n) is 2.35. The fourth-order valence-corrected chi connectivity index (χ4v) is 2.35. The first-order valence-corrected chi connectivity index (χ1v) is 6.59. The number of hydrogen-bond donors (Lipinski definition) is 0. The average Bonchev–Trinajstić information content (AvgIpc) is 2.87. The minimum Gasteiger partial charge on any atom is -0.406 e. The highest BCUT2D eigenvalue weighted by Crippen LogP contribution is 2.31. The van der Waals surface area contributed by atoms with E-state index in [9.17, 15) is 13.2 Å². The maximum atomic E-state index is 12.2. The molecule has 0 amide bonds. The van der Waals surface area contributed by atoms with Crippen molar-refractivity contribution in [2.24, 2.45) is 7.05 Å². The van der Waals surface area contributed by atoms with E-state index in [0.29, 0.717) is 22.2 Å². The lowest BCUT2D eigenvalue weighted by Crippen LogP contribution is -2.16. The third kappa shape index (κ3) is 2.97. The predicted octanol–water partition coefficient (Wildman–Crippen LogP) is 4.01.